The van der Waals surface area contributed by atoms with Crippen molar-refractivity contribution in [3.63, 3.8) is 0 Å². The SMILES string of the molecule is CC(c1ccccc1)c1cnc(N2CCN(c3ccnn4cc(Br)cc34)CC2)nc1. The summed E-state index contributed by atoms with van der Waals surface area (Å²) >= 11 is 3.55. The Labute approximate surface area is 184 Å². The van der Waals surface area contributed by atoms with E-state index in [1.54, 1.807) is 0 Å². The molecule has 152 valence electrons. The van der Waals surface area contributed by atoms with Gasteiger partial charge in [0.25, 0.3) is 0 Å². The Morgan fingerprint density at radius 2 is 1.60 bits per heavy atom. The highest BCUT2D eigenvalue weighted by atomic mass is 79.9. The Morgan fingerprint density at radius 1 is 0.900 bits per heavy atom. The van der Waals surface area contributed by atoms with Crippen LogP contribution in [-0.2, 0) is 0 Å². The summed E-state index contributed by atoms with van der Waals surface area (Å²) in [5.74, 6) is 1.09. The number of hydrogen-bond donors (Lipinski definition) is 0. The molecule has 0 radical (unpaired) electrons. The summed E-state index contributed by atoms with van der Waals surface area (Å²) in [5.41, 5.74) is 4.75. The average Bonchev–Trinajstić information content (AvgIpc) is 3.20. The van der Waals surface area contributed by atoms with Crippen LogP contribution in [0.3, 0.4) is 0 Å². The van der Waals surface area contributed by atoms with Crippen molar-refractivity contribution in [2.75, 3.05) is 36.0 Å². The number of nitrogens with zero attached hydrogens (tertiary/aromatic N) is 6. The molecule has 1 aromatic carbocycles. The van der Waals surface area contributed by atoms with E-state index in [9.17, 15) is 0 Å². The zero-order valence-corrected chi connectivity index (χ0v) is 18.4. The summed E-state index contributed by atoms with van der Waals surface area (Å²) in [6.45, 7) is 5.83. The molecule has 1 aliphatic heterocycles. The Balaban J connectivity index is 1.27. The molecule has 0 N–H and O–H groups in total. The quantitative estimate of drug-likeness (QED) is 0.450. The van der Waals surface area contributed by atoms with Crippen LogP contribution in [0.25, 0.3) is 5.52 Å². The number of anilines is 2. The van der Waals surface area contributed by atoms with Gasteiger partial charge < -0.3 is 9.80 Å². The highest BCUT2D eigenvalue weighted by molar-refractivity contribution is 9.10. The first-order valence-electron chi connectivity index (χ1n) is 10.2. The molecule has 0 amide bonds. The van der Waals surface area contributed by atoms with E-state index in [1.165, 1.54) is 11.3 Å². The van der Waals surface area contributed by atoms with Gasteiger partial charge in [-0.15, -0.1) is 0 Å². The minimum absolute atomic E-state index is 0.285. The predicted octanol–water partition coefficient (Wildman–Crippen LogP) is 4.37. The summed E-state index contributed by atoms with van der Waals surface area (Å²) in [6, 6.07) is 14.7. The fourth-order valence-electron chi connectivity index (χ4n) is 4.04. The van der Waals surface area contributed by atoms with Crippen molar-refractivity contribution >= 4 is 33.1 Å². The molecular formula is C23H23BrN6. The zero-order valence-electron chi connectivity index (χ0n) is 16.8. The third-order valence-electron chi connectivity index (χ3n) is 5.81. The summed E-state index contributed by atoms with van der Waals surface area (Å²) in [7, 11) is 0. The second-order valence-corrected chi connectivity index (χ2v) is 8.54. The maximum absolute atomic E-state index is 4.68. The highest BCUT2D eigenvalue weighted by Crippen LogP contribution is 2.27. The highest BCUT2D eigenvalue weighted by Gasteiger charge is 2.21. The van der Waals surface area contributed by atoms with E-state index in [-0.39, 0.29) is 5.92 Å². The number of aromatic nitrogens is 4. The van der Waals surface area contributed by atoms with Crippen molar-refractivity contribution in [2.45, 2.75) is 12.8 Å². The summed E-state index contributed by atoms with van der Waals surface area (Å²) in [5, 5.41) is 4.39. The van der Waals surface area contributed by atoms with Crippen molar-refractivity contribution in [2.24, 2.45) is 0 Å². The molecule has 1 unspecified atom stereocenters. The molecule has 30 heavy (non-hydrogen) atoms. The Bertz CT molecular complexity index is 1130. The number of halogens is 1. The van der Waals surface area contributed by atoms with Crippen LogP contribution < -0.4 is 9.80 Å². The maximum Gasteiger partial charge on any atom is 0.225 e. The summed E-state index contributed by atoms with van der Waals surface area (Å²) in [6.07, 6.45) is 7.78. The fraction of sp³-hybridized carbons (Fsp3) is 0.261. The number of hydrogen-bond acceptors (Lipinski definition) is 5. The molecule has 3 aromatic heterocycles. The van der Waals surface area contributed by atoms with E-state index in [0.29, 0.717) is 0 Å². The van der Waals surface area contributed by atoms with Gasteiger partial charge in [-0.05, 0) is 39.2 Å². The van der Waals surface area contributed by atoms with Crippen molar-refractivity contribution in [3.8, 4) is 0 Å². The normalized spacial score (nSPS) is 15.5. The smallest absolute Gasteiger partial charge is 0.225 e. The van der Waals surface area contributed by atoms with Gasteiger partial charge in [0, 0.05) is 61.4 Å². The first-order valence-corrected chi connectivity index (χ1v) is 11.0. The lowest BCUT2D eigenvalue weighted by Crippen LogP contribution is -2.47. The second kappa shape index (κ2) is 8.07. The van der Waals surface area contributed by atoms with Crippen LogP contribution in [0.5, 0.6) is 0 Å². The van der Waals surface area contributed by atoms with Gasteiger partial charge in [0.1, 0.15) is 0 Å². The number of fused-ring (bicyclic) bond motifs is 1. The standard InChI is InChI=1S/C23H23BrN6/c1-17(18-5-3-2-4-6-18)19-14-25-23(26-15-19)29-11-9-28(10-12-29)21-7-8-27-30-16-20(24)13-22(21)30/h2-8,13-17H,9-12H2,1H3. The Hall–Kier alpha value is -2.93. The lowest BCUT2D eigenvalue weighted by molar-refractivity contribution is 0.639. The molecule has 0 saturated carbocycles. The second-order valence-electron chi connectivity index (χ2n) is 7.63. The van der Waals surface area contributed by atoms with Crippen LogP contribution in [0.1, 0.15) is 24.0 Å². The van der Waals surface area contributed by atoms with Gasteiger partial charge in [-0.3, -0.25) is 0 Å². The molecule has 0 spiro atoms. The van der Waals surface area contributed by atoms with E-state index < -0.39 is 0 Å². The monoisotopic (exact) mass is 462 g/mol. The van der Waals surface area contributed by atoms with Crippen LogP contribution in [0.15, 0.2) is 71.7 Å². The lowest BCUT2D eigenvalue weighted by atomic mass is 9.96. The van der Waals surface area contributed by atoms with Gasteiger partial charge in [0.05, 0.1) is 11.2 Å². The fourth-order valence-corrected chi connectivity index (χ4v) is 4.45. The molecule has 0 bridgehead atoms. The largest absolute Gasteiger partial charge is 0.366 e. The number of piperazine rings is 1. The molecule has 1 fully saturated rings. The summed E-state index contributed by atoms with van der Waals surface area (Å²) < 4.78 is 2.96. The first-order chi connectivity index (χ1) is 14.7. The third-order valence-corrected chi connectivity index (χ3v) is 6.25. The van der Waals surface area contributed by atoms with Gasteiger partial charge in [-0.25, -0.2) is 14.5 Å². The van der Waals surface area contributed by atoms with Crippen molar-refractivity contribution in [3.05, 3.63) is 82.9 Å². The molecule has 4 heterocycles. The van der Waals surface area contributed by atoms with Crippen molar-refractivity contribution in [1.82, 2.24) is 19.6 Å². The molecule has 6 nitrogen and oxygen atoms in total. The lowest BCUT2D eigenvalue weighted by Gasteiger charge is -2.36. The Morgan fingerprint density at radius 3 is 2.33 bits per heavy atom. The maximum atomic E-state index is 4.68. The van der Waals surface area contributed by atoms with Crippen LogP contribution in [-0.4, -0.2) is 45.8 Å². The molecule has 0 aliphatic carbocycles. The molecule has 5 rings (SSSR count). The van der Waals surface area contributed by atoms with E-state index in [4.69, 9.17) is 0 Å². The third kappa shape index (κ3) is 3.65. The predicted molar refractivity (Wildman–Crippen MR) is 123 cm³/mol. The molecule has 1 saturated heterocycles. The van der Waals surface area contributed by atoms with E-state index in [0.717, 1.165) is 47.7 Å². The van der Waals surface area contributed by atoms with Gasteiger partial charge >= 0.3 is 0 Å². The van der Waals surface area contributed by atoms with Crippen molar-refractivity contribution in [1.29, 1.82) is 0 Å². The molecule has 4 aromatic rings. The molecule has 1 aliphatic rings. The van der Waals surface area contributed by atoms with Gasteiger partial charge in [0.2, 0.25) is 5.95 Å². The van der Waals surface area contributed by atoms with E-state index >= 15 is 0 Å². The number of rotatable bonds is 4. The van der Waals surface area contributed by atoms with Crippen LogP contribution in [0.4, 0.5) is 11.6 Å². The minimum atomic E-state index is 0.285. The molecular weight excluding hydrogens is 440 g/mol. The van der Waals surface area contributed by atoms with Crippen LogP contribution in [0.2, 0.25) is 0 Å². The zero-order chi connectivity index (χ0) is 20.5. The van der Waals surface area contributed by atoms with Crippen LogP contribution in [0, 0.1) is 0 Å². The average molecular weight is 463 g/mol. The van der Waals surface area contributed by atoms with Gasteiger partial charge in [-0.1, -0.05) is 37.3 Å². The van der Waals surface area contributed by atoms with Gasteiger partial charge in [0.15, 0.2) is 0 Å². The Kier molecular flexibility index (Phi) is 5.12. The number of benzene rings is 1. The summed E-state index contributed by atoms with van der Waals surface area (Å²) in [4.78, 5) is 14.0. The molecule has 1 atom stereocenters. The first kappa shape index (κ1) is 19.1. The minimum Gasteiger partial charge on any atom is -0.366 e. The van der Waals surface area contributed by atoms with E-state index in [1.807, 2.05) is 35.4 Å². The van der Waals surface area contributed by atoms with Crippen LogP contribution >= 0.6 is 15.9 Å². The topological polar surface area (TPSA) is 49.6 Å². The van der Waals surface area contributed by atoms with Gasteiger partial charge in [-0.2, -0.15) is 5.10 Å². The molecule has 7 heteroatoms. The van der Waals surface area contributed by atoms with E-state index in [2.05, 4.69) is 84.1 Å². The van der Waals surface area contributed by atoms with Crippen molar-refractivity contribution < 1.29 is 0 Å².